The maximum Gasteiger partial charge on any atom is 0.340 e. The topological polar surface area (TPSA) is 92.3 Å². The van der Waals surface area contributed by atoms with Crippen LogP contribution in [0.3, 0.4) is 0 Å². The normalized spacial score (nSPS) is 28.2. The van der Waals surface area contributed by atoms with Crippen molar-refractivity contribution in [1.82, 2.24) is 10.2 Å². The van der Waals surface area contributed by atoms with E-state index < -0.39 is 18.2 Å². The summed E-state index contributed by atoms with van der Waals surface area (Å²) in [4.78, 5) is 39.5. The Morgan fingerprint density at radius 1 is 1.14 bits per heavy atom. The van der Waals surface area contributed by atoms with Crippen molar-refractivity contribution < 1.29 is 24.4 Å². The van der Waals surface area contributed by atoms with Gasteiger partial charge < -0.3 is 15.4 Å². The smallest absolute Gasteiger partial charge is 0.340 e. The number of rotatable bonds is 3. The predicted octanol–water partition coefficient (Wildman–Crippen LogP) is 1.25. The second kappa shape index (κ2) is 6.83. The average Bonchev–Trinajstić information content (AvgIpc) is 3.12. The van der Waals surface area contributed by atoms with Crippen LogP contribution in [0, 0.1) is 0 Å². The summed E-state index contributed by atoms with van der Waals surface area (Å²) in [7, 11) is 0. The number of carbonyl (C=O) groups excluding carboxylic acids is 3. The number of cyclic esters (lactones) is 1. The third kappa shape index (κ3) is 3.75. The minimum Gasteiger partial charge on any atom is -0.433 e. The van der Waals surface area contributed by atoms with Crippen molar-refractivity contribution in [3.63, 3.8) is 0 Å². The average molecular weight is 400 g/mol. The summed E-state index contributed by atoms with van der Waals surface area (Å²) >= 11 is 0. The van der Waals surface area contributed by atoms with Crippen molar-refractivity contribution in [2.75, 3.05) is 0 Å². The van der Waals surface area contributed by atoms with Crippen molar-refractivity contribution in [2.24, 2.45) is 0 Å². The van der Waals surface area contributed by atoms with E-state index in [0.717, 1.165) is 12.8 Å². The molecule has 3 aliphatic rings. The first kappa shape index (κ1) is 19.9. The van der Waals surface area contributed by atoms with E-state index in [1.54, 1.807) is 18.2 Å². The Hall–Kier alpha value is -2.41. The van der Waals surface area contributed by atoms with Crippen LogP contribution in [0.25, 0.3) is 0 Å². The van der Waals surface area contributed by atoms with Crippen LogP contribution in [0.2, 0.25) is 0 Å². The summed E-state index contributed by atoms with van der Waals surface area (Å²) in [5.41, 5.74) is 1.18. The number of likely N-dealkylation sites (tertiary alicyclic amines) is 1. The molecule has 1 aromatic rings. The predicted molar refractivity (Wildman–Crippen MR) is 106 cm³/mol. The van der Waals surface area contributed by atoms with E-state index in [4.69, 9.17) is 4.74 Å². The monoisotopic (exact) mass is 400 g/mol. The lowest BCUT2D eigenvalue weighted by molar-refractivity contribution is -0.787. The van der Waals surface area contributed by atoms with Crippen LogP contribution in [-0.4, -0.2) is 45.8 Å². The van der Waals surface area contributed by atoms with Gasteiger partial charge in [0.05, 0.1) is 16.6 Å². The summed E-state index contributed by atoms with van der Waals surface area (Å²) < 4.78 is 5.50. The molecule has 4 rings (SSSR count). The molecular weight excluding hydrogens is 370 g/mol. The Kier molecular flexibility index (Phi) is 4.69. The quantitative estimate of drug-likeness (QED) is 0.747. The molecule has 2 amide bonds. The molecule has 7 heteroatoms. The van der Waals surface area contributed by atoms with Crippen LogP contribution in [0.15, 0.2) is 24.3 Å². The van der Waals surface area contributed by atoms with Gasteiger partial charge in [-0.2, -0.15) is 0 Å². The number of carbonyl (C=O) groups is 3. The highest BCUT2D eigenvalue weighted by Crippen LogP contribution is 2.38. The van der Waals surface area contributed by atoms with Crippen molar-refractivity contribution in [1.29, 1.82) is 0 Å². The SMILES string of the molecule is CC1(C)CC(NC(=O)[C@H]2CCC(=O)N2[C@H]2OC(=O)c3ccccc32)CC(C)(C)[NH2+]1. The van der Waals surface area contributed by atoms with Crippen molar-refractivity contribution >= 4 is 17.8 Å². The molecule has 2 atom stereocenters. The second-order valence-electron chi connectivity index (χ2n) is 9.94. The number of amides is 2. The van der Waals surface area contributed by atoms with E-state index in [2.05, 4.69) is 38.3 Å². The number of ether oxygens (including phenoxy) is 1. The zero-order valence-electron chi connectivity index (χ0n) is 17.5. The molecule has 156 valence electrons. The number of hydrogen-bond donors (Lipinski definition) is 2. The maximum absolute atomic E-state index is 13.2. The van der Waals surface area contributed by atoms with E-state index in [1.165, 1.54) is 4.90 Å². The number of nitrogens with one attached hydrogen (secondary N) is 1. The number of fused-ring (bicyclic) bond motifs is 1. The fourth-order valence-electron chi connectivity index (χ4n) is 5.50. The van der Waals surface area contributed by atoms with Gasteiger partial charge in [-0.1, -0.05) is 18.2 Å². The summed E-state index contributed by atoms with van der Waals surface area (Å²) in [5, 5.41) is 5.55. The molecule has 7 nitrogen and oxygen atoms in total. The number of nitrogens with zero attached hydrogens (tertiary/aromatic N) is 1. The summed E-state index contributed by atoms with van der Waals surface area (Å²) in [5.74, 6) is -0.761. The molecule has 0 bridgehead atoms. The minimum absolute atomic E-state index is 0.0325. The molecule has 0 unspecified atom stereocenters. The van der Waals surface area contributed by atoms with Crippen LogP contribution < -0.4 is 10.6 Å². The van der Waals surface area contributed by atoms with E-state index in [0.29, 0.717) is 17.5 Å². The molecule has 2 fully saturated rings. The molecule has 3 heterocycles. The Morgan fingerprint density at radius 2 is 1.79 bits per heavy atom. The number of benzene rings is 1. The van der Waals surface area contributed by atoms with Gasteiger partial charge >= 0.3 is 5.97 Å². The Labute approximate surface area is 171 Å². The molecule has 1 aromatic carbocycles. The van der Waals surface area contributed by atoms with E-state index in [1.807, 2.05) is 6.07 Å². The zero-order valence-corrected chi connectivity index (χ0v) is 17.5. The van der Waals surface area contributed by atoms with Crippen LogP contribution in [0.5, 0.6) is 0 Å². The van der Waals surface area contributed by atoms with Crippen LogP contribution >= 0.6 is 0 Å². The molecule has 3 aliphatic heterocycles. The summed E-state index contributed by atoms with van der Waals surface area (Å²) in [6, 6.07) is 6.48. The van der Waals surface area contributed by atoms with Crippen LogP contribution in [0.1, 0.15) is 75.5 Å². The minimum atomic E-state index is -0.822. The van der Waals surface area contributed by atoms with Crippen molar-refractivity contribution in [3.8, 4) is 0 Å². The molecule has 0 aliphatic carbocycles. The third-order valence-electron chi connectivity index (χ3n) is 6.15. The van der Waals surface area contributed by atoms with Crippen molar-refractivity contribution in [2.45, 2.75) is 82.8 Å². The highest BCUT2D eigenvalue weighted by atomic mass is 16.6. The molecule has 2 saturated heterocycles. The van der Waals surface area contributed by atoms with Gasteiger partial charge in [0.1, 0.15) is 6.04 Å². The second-order valence-corrected chi connectivity index (χ2v) is 9.94. The maximum atomic E-state index is 13.2. The lowest BCUT2D eigenvalue weighted by Gasteiger charge is -2.43. The fraction of sp³-hybridized carbons (Fsp3) is 0.591. The Bertz CT molecular complexity index is 847. The highest BCUT2D eigenvalue weighted by molar-refractivity contribution is 5.96. The molecule has 3 N–H and O–H groups in total. The Balaban J connectivity index is 1.53. The highest BCUT2D eigenvalue weighted by Gasteiger charge is 2.48. The largest absolute Gasteiger partial charge is 0.433 e. The third-order valence-corrected chi connectivity index (χ3v) is 6.15. The molecular formula is C22H30N3O4+. The van der Waals surface area contributed by atoms with Gasteiger partial charge in [0.25, 0.3) is 0 Å². The van der Waals surface area contributed by atoms with Gasteiger partial charge in [0, 0.05) is 30.9 Å². The first-order valence-electron chi connectivity index (χ1n) is 10.3. The van der Waals surface area contributed by atoms with Crippen LogP contribution in [-0.2, 0) is 14.3 Å². The number of hydrogen-bond acceptors (Lipinski definition) is 4. The number of nitrogens with two attached hydrogens (primary N) is 1. The van der Waals surface area contributed by atoms with Crippen molar-refractivity contribution in [3.05, 3.63) is 35.4 Å². The Morgan fingerprint density at radius 3 is 2.48 bits per heavy atom. The van der Waals surface area contributed by atoms with Gasteiger partial charge in [-0.15, -0.1) is 0 Å². The summed E-state index contributed by atoms with van der Waals surface area (Å²) in [6.45, 7) is 8.75. The van der Waals surface area contributed by atoms with Gasteiger partial charge in [0.15, 0.2) is 0 Å². The van der Waals surface area contributed by atoms with Crippen LogP contribution in [0.4, 0.5) is 0 Å². The zero-order chi connectivity index (χ0) is 21.0. The first-order chi connectivity index (χ1) is 13.6. The number of esters is 1. The van der Waals surface area contributed by atoms with Gasteiger partial charge in [-0.05, 0) is 40.2 Å². The van der Waals surface area contributed by atoms with Gasteiger partial charge in [-0.25, -0.2) is 4.79 Å². The van der Waals surface area contributed by atoms with E-state index >= 15 is 0 Å². The standard InChI is InChI=1S/C22H29N3O4/c1-21(2)11-13(12-22(3,4)24-21)23-18(27)16-9-10-17(26)25(16)19-14-7-5-6-8-15(14)20(28)29-19/h5-8,13,16,19,24H,9-12H2,1-4H3,(H,23,27)/p+1/t16-,19+/m1/s1. The van der Waals surface area contributed by atoms with E-state index in [-0.39, 0.29) is 35.4 Å². The van der Waals surface area contributed by atoms with Gasteiger partial charge in [0.2, 0.25) is 18.0 Å². The number of piperidine rings is 1. The van der Waals surface area contributed by atoms with Gasteiger partial charge in [-0.3, -0.25) is 14.5 Å². The number of quaternary nitrogens is 1. The molecule has 0 radical (unpaired) electrons. The fourth-order valence-corrected chi connectivity index (χ4v) is 5.50. The summed E-state index contributed by atoms with van der Waals surface area (Å²) in [6.07, 6.45) is 1.63. The van der Waals surface area contributed by atoms with E-state index in [9.17, 15) is 14.4 Å². The molecule has 29 heavy (non-hydrogen) atoms. The molecule has 0 spiro atoms. The first-order valence-corrected chi connectivity index (χ1v) is 10.3. The molecule has 0 aromatic heterocycles. The lowest BCUT2D eigenvalue weighted by atomic mass is 9.79. The molecule has 0 saturated carbocycles. The lowest BCUT2D eigenvalue weighted by Crippen LogP contribution is -3.06.